The van der Waals surface area contributed by atoms with Crippen molar-refractivity contribution in [3.8, 4) is 0 Å². The van der Waals surface area contributed by atoms with Gasteiger partial charge in [-0.05, 0) is 45.2 Å². The summed E-state index contributed by atoms with van der Waals surface area (Å²) in [4.78, 5) is 2.56. The Morgan fingerprint density at radius 1 is 1.19 bits per heavy atom. The molecule has 0 aromatic rings. The maximum atomic E-state index is 3.40. The molecule has 0 heterocycles. The third-order valence-corrected chi connectivity index (χ3v) is 4.46. The molecule has 0 saturated heterocycles. The van der Waals surface area contributed by atoms with E-state index in [0.717, 1.165) is 5.92 Å². The Morgan fingerprint density at radius 2 is 1.75 bits per heavy atom. The highest BCUT2D eigenvalue weighted by Crippen LogP contribution is 2.38. The second-order valence-electron chi connectivity index (χ2n) is 6.14. The second kappa shape index (κ2) is 6.02. The highest BCUT2D eigenvalue weighted by Gasteiger charge is 2.35. The van der Waals surface area contributed by atoms with Gasteiger partial charge in [0, 0.05) is 19.1 Å². The molecule has 1 saturated carbocycles. The van der Waals surface area contributed by atoms with Crippen molar-refractivity contribution >= 4 is 0 Å². The minimum Gasteiger partial charge on any atom is -0.319 e. The van der Waals surface area contributed by atoms with Crippen LogP contribution in [0.5, 0.6) is 0 Å². The zero-order chi connectivity index (χ0) is 12.2. The monoisotopic (exact) mass is 226 g/mol. The Bertz CT molecular complexity index is 195. The molecule has 1 fully saturated rings. The molecule has 2 nitrogen and oxygen atoms in total. The minimum atomic E-state index is 0.548. The summed E-state index contributed by atoms with van der Waals surface area (Å²) in [7, 11) is 4.38. The second-order valence-corrected chi connectivity index (χ2v) is 6.14. The van der Waals surface area contributed by atoms with Crippen LogP contribution in [0.1, 0.15) is 46.5 Å². The van der Waals surface area contributed by atoms with Crippen molar-refractivity contribution < 1.29 is 0 Å². The molecule has 96 valence electrons. The Hall–Kier alpha value is -0.0800. The van der Waals surface area contributed by atoms with Gasteiger partial charge < -0.3 is 10.2 Å². The molecule has 1 aliphatic rings. The van der Waals surface area contributed by atoms with Gasteiger partial charge in [-0.15, -0.1) is 0 Å². The maximum Gasteiger partial charge on any atom is 0.00871 e. The van der Waals surface area contributed by atoms with Crippen molar-refractivity contribution in [1.82, 2.24) is 10.2 Å². The summed E-state index contributed by atoms with van der Waals surface area (Å²) in [5, 5.41) is 3.40. The van der Waals surface area contributed by atoms with E-state index in [0.29, 0.717) is 11.5 Å². The molecule has 1 unspecified atom stereocenters. The van der Waals surface area contributed by atoms with Crippen LogP contribution in [0.25, 0.3) is 0 Å². The highest BCUT2D eigenvalue weighted by molar-refractivity contribution is 4.89. The van der Waals surface area contributed by atoms with Crippen LogP contribution in [0.3, 0.4) is 0 Å². The number of hydrogen-bond donors (Lipinski definition) is 1. The summed E-state index contributed by atoms with van der Waals surface area (Å²) >= 11 is 0. The Kier molecular flexibility index (Phi) is 5.26. The van der Waals surface area contributed by atoms with Gasteiger partial charge in [0.15, 0.2) is 0 Å². The Labute approximate surface area is 102 Å². The van der Waals surface area contributed by atoms with Crippen LogP contribution < -0.4 is 5.32 Å². The first-order chi connectivity index (χ1) is 7.51. The molecular weight excluding hydrogens is 196 g/mol. The summed E-state index contributed by atoms with van der Waals surface area (Å²) in [6.45, 7) is 9.43. The van der Waals surface area contributed by atoms with Gasteiger partial charge in [0.25, 0.3) is 0 Å². The predicted octanol–water partition coefficient (Wildman–Crippen LogP) is 2.74. The van der Waals surface area contributed by atoms with Gasteiger partial charge in [-0.25, -0.2) is 0 Å². The van der Waals surface area contributed by atoms with E-state index in [9.17, 15) is 0 Å². The number of rotatable bonds is 6. The quantitative estimate of drug-likeness (QED) is 0.749. The van der Waals surface area contributed by atoms with E-state index in [1.54, 1.807) is 0 Å². The van der Waals surface area contributed by atoms with E-state index in [-0.39, 0.29) is 0 Å². The lowest BCUT2D eigenvalue weighted by atomic mass is 9.84. The van der Waals surface area contributed by atoms with Crippen LogP contribution in [-0.2, 0) is 0 Å². The third kappa shape index (κ3) is 3.46. The van der Waals surface area contributed by atoms with Crippen molar-refractivity contribution in [3.63, 3.8) is 0 Å². The molecule has 0 bridgehead atoms. The summed E-state index contributed by atoms with van der Waals surface area (Å²) in [5.41, 5.74) is 0.548. The maximum absolute atomic E-state index is 3.40. The first-order valence-corrected chi connectivity index (χ1v) is 6.85. The first kappa shape index (κ1) is 14.0. The van der Waals surface area contributed by atoms with Crippen LogP contribution in [0.15, 0.2) is 0 Å². The van der Waals surface area contributed by atoms with Crippen molar-refractivity contribution in [2.45, 2.75) is 52.5 Å². The molecule has 0 spiro atoms. The fraction of sp³-hybridized carbons (Fsp3) is 1.00. The zero-order valence-electron chi connectivity index (χ0n) is 11.8. The van der Waals surface area contributed by atoms with Crippen molar-refractivity contribution in [2.24, 2.45) is 11.3 Å². The van der Waals surface area contributed by atoms with Gasteiger partial charge in [-0.1, -0.05) is 26.7 Å². The average molecular weight is 226 g/mol. The van der Waals surface area contributed by atoms with Gasteiger partial charge in [-0.3, -0.25) is 0 Å². The lowest BCUT2D eigenvalue weighted by Gasteiger charge is -2.37. The molecule has 0 radical (unpaired) electrons. The highest BCUT2D eigenvalue weighted by atomic mass is 15.1. The average Bonchev–Trinajstić information content (AvgIpc) is 2.65. The minimum absolute atomic E-state index is 0.548. The summed E-state index contributed by atoms with van der Waals surface area (Å²) < 4.78 is 0. The molecule has 0 aromatic carbocycles. The molecule has 1 aliphatic carbocycles. The van der Waals surface area contributed by atoms with Gasteiger partial charge in [0.1, 0.15) is 0 Å². The smallest absolute Gasteiger partial charge is 0.00871 e. The lowest BCUT2D eigenvalue weighted by molar-refractivity contribution is 0.121. The van der Waals surface area contributed by atoms with E-state index in [2.05, 4.69) is 45.1 Å². The van der Waals surface area contributed by atoms with Crippen molar-refractivity contribution in [3.05, 3.63) is 0 Å². The Balaban J connectivity index is 2.54. The topological polar surface area (TPSA) is 15.3 Å². The van der Waals surface area contributed by atoms with Crippen molar-refractivity contribution in [1.29, 1.82) is 0 Å². The van der Waals surface area contributed by atoms with Crippen molar-refractivity contribution in [2.75, 3.05) is 27.2 Å². The third-order valence-electron chi connectivity index (χ3n) is 4.46. The van der Waals surface area contributed by atoms with E-state index >= 15 is 0 Å². The lowest BCUT2D eigenvalue weighted by Crippen LogP contribution is -2.44. The molecule has 2 heteroatoms. The molecule has 1 atom stereocenters. The predicted molar refractivity (Wildman–Crippen MR) is 71.8 cm³/mol. The Morgan fingerprint density at radius 3 is 2.19 bits per heavy atom. The van der Waals surface area contributed by atoms with Gasteiger partial charge in [0.2, 0.25) is 0 Å². The molecule has 0 aromatic heterocycles. The van der Waals surface area contributed by atoms with Crippen LogP contribution in [-0.4, -0.2) is 38.1 Å². The fourth-order valence-corrected chi connectivity index (χ4v) is 3.07. The first-order valence-electron chi connectivity index (χ1n) is 6.85. The fourth-order valence-electron chi connectivity index (χ4n) is 3.07. The zero-order valence-corrected chi connectivity index (χ0v) is 11.8. The van der Waals surface area contributed by atoms with Crippen LogP contribution >= 0.6 is 0 Å². The van der Waals surface area contributed by atoms with Gasteiger partial charge in [0.05, 0.1) is 0 Å². The van der Waals surface area contributed by atoms with E-state index in [4.69, 9.17) is 0 Å². The van der Waals surface area contributed by atoms with Gasteiger partial charge >= 0.3 is 0 Å². The van der Waals surface area contributed by atoms with E-state index < -0.39 is 0 Å². The number of hydrogen-bond acceptors (Lipinski definition) is 2. The molecule has 1 rings (SSSR count). The standard InChI is InChI=1S/C14H30N2/c1-12(2)13(3)16(5)11-14(10-15-4)8-6-7-9-14/h12-13,15H,6-11H2,1-5H3. The van der Waals surface area contributed by atoms with E-state index in [1.165, 1.54) is 38.8 Å². The van der Waals surface area contributed by atoms with Crippen LogP contribution in [0, 0.1) is 11.3 Å². The summed E-state index contributed by atoms with van der Waals surface area (Å²) in [6.07, 6.45) is 5.66. The number of nitrogens with zero attached hydrogens (tertiary/aromatic N) is 1. The normalized spacial score (nSPS) is 21.9. The summed E-state index contributed by atoms with van der Waals surface area (Å²) in [5.74, 6) is 0.748. The summed E-state index contributed by atoms with van der Waals surface area (Å²) in [6, 6.07) is 0.689. The largest absolute Gasteiger partial charge is 0.319 e. The van der Waals surface area contributed by atoms with Crippen LogP contribution in [0.4, 0.5) is 0 Å². The molecule has 16 heavy (non-hydrogen) atoms. The molecule has 0 aliphatic heterocycles. The number of nitrogens with one attached hydrogen (secondary N) is 1. The van der Waals surface area contributed by atoms with Crippen LogP contribution in [0.2, 0.25) is 0 Å². The van der Waals surface area contributed by atoms with Gasteiger partial charge in [-0.2, -0.15) is 0 Å². The molecular formula is C14H30N2. The molecule has 0 amide bonds. The SMILES string of the molecule is CNCC1(CN(C)C(C)C(C)C)CCCC1. The molecule has 1 N–H and O–H groups in total. The van der Waals surface area contributed by atoms with E-state index in [1.807, 2.05) is 0 Å².